The summed E-state index contributed by atoms with van der Waals surface area (Å²) >= 11 is 1.76. The Labute approximate surface area is 120 Å². The molecule has 0 saturated heterocycles. The van der Waals surface area contributed by atoms with Gasteiger partial charge in [-0.05, 0) is 43.7 Å². The fourth-order valence-electron chi connectivity index (χ4n) is 1.68. The smallest absolute Gasteiger partial charge is 0.220 e. The maximum absolute atomic E-state index is 11.9. The van der Waals surface area contributed by atoms with Gasteiger partial charge < -0.3 is 11.1 Å². The molecule has 106 valence electrons. The van der Waals surface area contributed by atoms with Crippen LogP contribution in [0.2, 0.25) is 0 Å². The molecule has 0 radical (unpaired) electrons. The van der Waals surface area contributed by atoms with Crippen molar-refractivity contribution in [2.75, 3.05) is 18.5 Å². The summed E-state index contributed by atoms with van der Waals surface area (Å²) in [5, 5.41) is 3.00. The zero-order valence-electron chi connectivity index (χ0n) is 12.2. The van der Waals surface area contributed by atoms with Gasteiger partial charge in [-0.3, -0.25) is 4.79 Å². The molecular weight excluding hydrogens is 256 g/mol. The normalized spacial score (nSPS) is 13.1. The molecule has 0 heterocycles. The molecule has 0 saturated carbocycles. The third-order valence-electron chi connectivity index (χ3n) is 3.26. The minimum Gasteiger partial charge on any atom is -0.399 e. The molecule has 0 bridgehead atoms. The van der Waals surface area contributed by atoms with E-state index in [4.69, 9.17) is 5.73 Å². The van der Waals surface area contributed by atoms with Crippen LogP contribution < -0.4 is 11.1 Å². The summed E-state index contributed by atoms with van der Waals surface area (Å²) in [6, 6.07) is 7.72. The highest BCUT2D eigenvalue weighted by molar-refractivity contribution is 7.99. The second-order valence-corrected chi connectivity index (χ2v) is 7.03. The van der Waals surface area contributed by atoms with Crippen LogP contribution in [0.3, 0.4) is 0 Å². The zero-order valence-corrected chi connectivity index (χ0v) is 13.0. The Balaban J connectivity index is 2.46. The van der Waals surface area contributed by atoms with E-state index < -0.39 is 0 Å². The van der Waals surface area contributed by atoms with Crippen molar-refractivity contribution in [3.63, 3.8) is 0 Å². The van der Waals surface area contributed by atoms with Gasteiger partial charge in [0.1, 0.15) is 0 Å². The molecule has 0 aliphatic rings. The number of anilines is 1. The number of carbonyl (C=O) groups is 1. The topological polar surface area (TPSA) is 55.1 Å². The first-order valence-corrected chi connectivity index (χ1v) is 7.74. The van der Waals surface area contributed by atoms with E-state index in [0.29, 0.717) is 13.0 Å². The van der Waals surface area contributed by atoms with Crippen molar-refractivity contribution in [2.24, 2.45) is 0 Å². The Morgan fingerprint density at radius 3 is 2.47 bits per heavy atom. The molecule has 3 N–H and O–H groups in total. The Hall–Kier alpha value is -1.16. The van der Waals surface area contributed by atoms with E-state index >= 15 is 0 Å². The molecule has 0 aliphatic heterocycles. The van der Waals surface area contributed by atoms with Crippen molar-refractivity contribution in [1.82, 2.24) is 5.32 Å². The number of hydrogen-bond donors (Lipinski definition) is 2. The van der Waals surface area contributed by atoms with E-state index in [9.17, 15) is 4.79 Å². The Kier molecular flexibility index (Phi) is 5.73. The number of thioether (sulfide) groups is 1. The number of rotatable bonds is 6. The van der Waals surface area contributed by atoms with E-state index in [2.05, 4.69) is 32.3 Å². The lowest BCUT2D eigenvalue weighted by atomic mass is 9.97. The molecule has 19 heavy (non-hydrogen) atoms. The van der Waals surface area contributed by atoms with Crippen LogP contribution in [-0.4, -0.2) is 23.5 Å². The molecule has 3 nitrogen and oxygen atoms in total. The molecule has 0 aromatic heterocycles. The Morgan fingerprint density at radius 2 is 1.95 bits per heavy atom. The van der Waals surface area contributed by atoms with Gasteiger partial charge in [-0.1, -0.05) is 19.1 Å². The fraction of sp³-hybridized carbons (Fsp3) is 0.533. The van der Waals surface area contributed by atoms with Crippen LogP contribution in [0.15, 0.2) is 24.3 Å². The molecule has 4 heteroatoms. The zero-order chi connectivity index (χ0) is 14.5. The number of nitrogens with one attached hydrogen (secondary N) is 1. The van der Waals surface area contributed by atoms with Gasteiger partial charge in [0.15, 0.2) is 0 Å². The third kappa shape index (κ3) is 5.55. The van der Waals surface area contributed by atoms with Gasteiger partial charge in [0.25, 0.3) is 0 Å². The third-order valence-corrected chi connectivity index (χ3v) is 4.51. The lowest BCUT2D eigenvalue weighted by Crippen LogP contribution is -2.36. The van der Waals surface area contributed by atoms with Crippen molar-refractivity contribution in [3.8, 4) is 0 Å². The minimum absolute atomic E-state index is 0.0834. The molecule has 1 aromatic rings. The highest BCUT2D eigenvalue weighted by Crippen LogP contribution is 2.21. The molecule has 0 spiro atoms. The number of nitrogens with two attached hydrogens (primary N) is 1. The van der Waals surface area contributed by atoms with Crippen molar-refractivity contribution >= 4 is 23.4 Å². The minimum atomic E-state index is 0.0834. The van der Waals surface area contributed by atoms with Gasteiger partial charge in [0, 0.05) is 23.4 Å². The summed E-state index contributed by atoms with van der Waals surface area (Å²) in [4.78, 5) is 11.9. The Morgan fingerprint density at radius 1 is 1.37 bits per heavy atom. The average Bonchev–Trinajstić information content (AvgIpc) is 2.37. The molecule has 1 rings (SSSR count). The molecular formula is C15H24N2OS. The average molecular weight is 280 g/mol. The summed E-state index contributed by atoms with van der Waals surface area (Å²) in [5.74, 6) is 0.310. The Bertz CT molecular complexity index is 415. The van der Waals surface area contributed by atoms with Crippen LogP contribution in [0.1, 0.15) is 38.7 Å². The molecule has 1 amide bonds. The SMILES string of the molecule is CSC(C)(C)CNC(=O)CC(C)c1ccc(N)cc1. The van der Waals surface area contributed by atoms with Gasteiger partial charge >= 0.3 is 0 Å². The van der Waals surface area contributed by atoms with Gasteiger partial charge in [0.2, 0.25) is 5.91 Å². The second kappa shape index (κ2) is 6.85. The number of nitrogen functional groups attached to an aromatic ring is 1. The van der Waals surface area contributed by atoms with Crippen LogP contribution in [0.4, 0.5) is 5.69 Å². The quantitative estimate of drug-likeness (QED) is 0.788. The van der Waals surface area contributed by atoms with Crippen molar-refractivity contribution < 1.29 is 4.79 Å². The fourth-order valence-corrected chi connectivity index (χ4v) is 1.89. The lowest BCUT2D eigenvalue weighted by Gasteiger charge is -2.22. The number of amides is 1. The summed E-state index contributed by atoms with van der Waals surface area (Å²) in [6.07, 6.45) is 2.57. The van der Waals surface area contributed by atoms with Crippen LogP contribution >= 0.6 is 11.8 Å². The van der Waals surface area contributed by atoms with E-state index in [0.717, 1.165) is 11.3 Å². The monoisotopic (exact) mass is 280 g/mol. The number of hydrogen-bond acceptors (Lipinski definition) is 3. The molecule has 1 unspecified atom stereocenters. The first kappa shape index (κ1) is 15.9. The highest BCUT2D eigenvalue weighted by Gasteiger charge is 2.18. The van der Waals surface area contributed by atoms with E-state index in [1.54, 1.807) is 11.8 Å². The van der Waals surface area contributed by atoms with Crippen molar-refractivity contribution in [1.29, 1.82) is 0 Å². The van der Waals surface area contributed by atoms with Crippen LogP contribution in [-0.2, 0) is 4.79 Å². The van der Waals surface area contributed by atoms with Crippen LogP contribution in [0.5, 0.6) is 0 Å². The van der Waals surface area contributed by atoms with Crippen molar-refractivity contribution in [2.45, 2.75) is 37.9 Å². The van der Waals surface area contributed by atoms with Gasteiger partial charge in [-0.15, -0.1) is 0 Å². The summed E-state index contributed by atoms with van der Waals surface area (Å²) in [7, 11) is 0. The first-order chi connectivity index (χ1) is 8.84. The molecule has 1 aromatic carbocycles. The molecule has 0 fully saturated rings. The van der Waals surface area contributed by atoms with E-state index in [-0.39, 0.29) is 16.6 Å². The summed E-state index contributed by atoms with van der Waals surface area (Å²) in [6.45, 7) is 7.01. The number of benzene rings is 1. The summed E-state index contributed by atoms with van der Waals surface area (Å²) in [5.41, 5.74) is 7.56. The number of carbonyl (C=O) groups excluding carboxylic acids is 1. The van der Waals surface area contributed by atoms with Crippen molar-refractivity contribution in [3.05, 3.63) is 29.8 Å². The van der Waals surface area contributed by atoms with Crippen LogP contribution in [0, 0.1) is 0 Å². The second-order valence-electron chi connectivity index (χ2n) is 5.51. The largest absolute Gasteiger partial charge is 0.399 e. The maximum Gasteiger partial charge on any atom is 0.220 e. The molecule has 1 atom stereocenters. The predicted octanol–water partition coefficient (Wildman–Crippen LogP) is 3.02. The van der Waals surface area contributed by atoms with Gasteiger partial charge in [-0.25, -0.2) is 0 Å². The van der Waals surface area contributed by atoms with E-state index in [1.807, 2.05) is 24.3 Å². The predicted molar refractivity (Wildman–Crippen MR) is 84.5 cm³/mol. The van der Waals surface area contributed by atoms with Gasteiger partial charge in [-0.2, -0.15) is 11.8 Å². The first-order valence-electron chi connectivity index (χ1n) is 6.51. The summed E-state index contributed by atoms with van der Waals surface area (Å²) < 4.78 is 0.0834. The standard InChI is InChI=1S/C15H24N2OS/c1-11(12-5-7-13(16)8-6-12)9-14(18)17-10-15(2,3)19-4/h5-8,11H,9-10,16H2,1-4H3,(H,17,18). The highest BCUT2D eigenvalue weighted by atomic mass is 32.2. The maximum atomic E-state index is 11.9. The van der Waals surface area contributed by atoms with E-state index in [1.165, 1.54) is 0 Å². The lowest BCUT2D eigenvalue weighted by molar-refractivity contribution is -0.121. The van der Waals surface area contributed by atoms with Gasteiger partial charge in [0.05, 0.1) is 0 Å². The van der Waals surface area contributed by atoms with Crippen LogP contribution in [0.25, 0.3) is 0 Å². The molecule has 0 aliphatic carbocycles.